The van der Waals surface area contributed by atoms with Gasteiger partial charge in [0.25, 0.3) is 0 Å². The molecule has 3 aromatic rings. The second-order valence-corrected chi connectivity index (χ2v) is 6.56. The van der Waals surface area contributed by atoms with E-state index in [0.29, 0.717) is 0 Å². The molecular formula is C18H15Cu4P. The van der Waals surface area contributed by atoms with Gasteiger partial charge in [0.2, 0.25) is 0 Å². The van der Waals surface area contributed by atoms with Crippen LogP contribution in [0, 0.1) is 0 Å². The molecule has 0 N–H and O–H groups in total. The van der Waals surface area contributed by atoms with Crippen LogP contribution >= 0.6 is 7.92 Å². The van der Waals surface area contributed by atoms with Crippen LogP contribution in [-0.4, -0.2) is 0 Å². The van der Waals surface area contributed by atoms with E-state index in [2.05, 4.69) is 91.0 Å². The summed E-state index contributed by atoms with van der Waals surface area (Å²) in [5.74, 6) is 0. The van der Waals surface area contributed by atoms with Crippen molar-refractivity contribution in [3.63, 3.8) is 0 Å². The predicted octanol–water partition coefficient (Wildman–Crippen LogP) is 3.43. The molecule has 136 valence electrons. The molecule has 0 aliphatic rings. The van der Waals surface area contributed by atoms with E-state index in [4.69, 9.17) is 0 Å². The minimum atomic E-state index is -0.446. The molecule has 0 nitrogen and oxygen atoms in total. The van der Waals surface area contributed by atoms with Crippen LogP contribution < -0.4 is 15.9 Å². The molecule has 0 aliphatic heterocycles. The zero-order chi connectivity index (χ0) is 12.9. The number of rotatable bonds is 3. The Bertz CT molecular complexity index is 539. The van der Waals surface area contributed by atoms with E-state index in [1.807, 2.05) is 0 Å². The van der Waals surface area contributed by atoms with Gasteiger partial charge < -0.3 is 0 Å². The third-order valence-corrected chi connectivity index (χ3v) is 5.49. The van der Waals surface area contributed by atoms with Crippen molar-refractivity contribution in [1.29, 1.82) is 0 Å². The summed E-state index contributed by atoms with van der Waals surface area (Å²) in [4.78, 5) is 0. The Labute approximate surface area is 181 Å². The van der Waals surface area contributed by atoms with Crippen molar-refractivity contribution in [3.8, 4) is 0 Å². The van der Waals surface area contributed by atoms with Crippen molar-refractivity contribution in [2.24, 2.45) is 0 Å². The zero-order valence-corrected chi connectivity index (χ0v) is 16.5. The van der Waals surface area contributed by atoms with Crippen molar-refractivity contribution in [3.05, 3.63) is 91.0 Å². The van der Waals surface area contributed by atoms with Crippen LogP contribution in [0.25, 0.3) is 0 Å². The molecule has 3 aromatic carbocycles. The Hall–Kier alpha value is 0.168. The van der Waals surface area contributed by atoms with Crippen LogP contribution in [0.4, 0.5) is 0 Å². The maximum absolute atomic E-state index is 2.23. The standard InChI is InChI=1S/C18H15P.4Cu/c1-4-10-16(11-5-1)19(17-12-6-2-7-13-17)18-14-8-3-9-15-18;;;;/h1-15H;;;;. The molecule has 0 saturated heterocycles. The Morgan fingerprint density at radius 1 is 0.348 bits per heavy atom. The Balaban J connectivity index is 0. The summed E-state index contributed by atoms with van der Waals surface area (Å²) in [6.07, 6.45) is 0. The molecule has 0 atom stereocenters. The quantitative estimate of drug-likeness (QED) is 0.370. The first-order chi connectivity index (χ1) is 9.45. The molecule has 0 aliphatic carbocycles. The van der Waals surface area contributed by atoms with E-state index in [-0.39, 0.29) is 68.3 Å². The van der Waals surface area contributed by atoms with Crippen molar-refractivity contribution in [2.75, 3.05) is 0 Å². The average molecular weight is 516 g/mol. The van der Waals surface area contributed by atoms with Gasteiger partial charge in [0.05, 0.1) is 0 Å². The van der Waals surface area contributed by atoms with Gasteiger partial charge in [-0.1, -0.05) is 91.0 Å². The molecule has 0 heterocycles. The maximum atomic E-state index is 2.23. The Morgan fingerprint density at radius 3 is 0.783 bits per heavy atom. The SMILES string of the molecule is [Cu].[Cu].[Cu].[Cu].c1ccc(P(c2ccccc2)c2ccccc2)cc1. The van der Waals surface area contributed by atoms with E-state index in [9.17, 15) is 0 Å². The first-order valence-electron chi connectivity index (χ1n) is 6.40. The molecule has 5 heteroatoms. The molecule has 0 spiro atoms. The van der Waals surface area contributed by atoms with Crippen LogP contribution in [0.5, 0.6) is 0 Å². The number of hydrogen-bond donors (Lipinski definition) is 0. The maximum Gasteiger partial charge on any atom is 0 e. The minimum absolute atomic E-state index is 0. The summed E-state index contributed by atoms with van der Waals surface area (Å²) < 4.78 is 0. The van der Waals surface area contributed by atoms with Gasteiger partial charge in [0.1, 0.15) is 0 Å². The van der Waals surface area contributed by atoms with Crippen molar-refractivity contribution in [2.45, 2.75) is 0 Å². The molecule has 0 aromatic heterocycles. The zero-order valence-electron chi connectivity index (χ0n) is 11.8. The molecule has 23 heavy (non-hydrogen) atoms. The molecule has 0 amide bonds. The summed E-state index contributed by atoms with van der Waals surface area (Å²) in [6, 6.07) is 32.3. The van der Waals surface area contributed by atoms with Crippen molar-refractivity contribution in [1.82, 2.24) is 0 Å². The molecular weight excluding hydrogens is 501 g/mol. The summed E-state index contributed by atoms with van der Waals surface area (Å²) in [5.41, 5.74) is 0. The van der Waals surface area contributed by atoms with Gasteiger partial charge in [-0.15, -0.1) is 0 Å². The molecule has 0 bridgehead atoms. The Kier molecular flexibility index (Phi) is 14.9. The first kappa shape index (κ1) is 25.4. The fourth-order valence-electron chi connectivity index (χ4n) is 2.18. The van der Waals surface area contributed by atoms with E-state index in [0.717, 1.165) is 0 Å². The second-order valence-electron chi connectivity index (χ2n) is 4.34. The van der Waals surface area contributed by atoms with Crippen molar-refractivity contribution >= 4 is 23.8 Å². The van der Waals surface area contributed by atoms with Crippen molar-refractivity contribution < 1.29 is 68.3 Å². The van der Waals surface area contributed by atoms with E-state index in [1.165, 1.54) is 15.9 Å². The fourth-order valence-corrected chi connectivity index (χ4v) is 4.48. The van der Waals surface area contributed by atoms with Gasteiger partial charge in [0.15, 0.2) is 0 Å². The van der Waals surface area contributed by atoms with E-state index < -0.39 is 7.92 Å². The minimum Gasteiger partial charge on any atom is -0.0622 e. The summed E-state index contributed by atoms with van der Waals surface area (Å²) in [5, 5.41) is 4.19. The molecule has 0 saturated carbocycles. The number of benzene rings is 3. The van der Waals surface area contributed by atoms with Gasteiger partial charge in [-0.05, 0) is 23.8 Å². The topological polar surface area (TPSA) is 0 Å². The van der Waals surface area contributed by atoms with Crippen LogP contribution in [0.15, 0.2) is 91.0 Å². The largest absolute Gasteiger partial charge is 0.0622 e. The molecule has 3 rings (SSSR count). The van der Waals surface area contributed by atoms with Gasteiger partial charge in [0, 0.05) is 68.3 Å². The van der Waals surface area contributed by atoms with Crippen LogP contribution in [0.2, 0.25) is 0 Å². The summed E-state index contributed by atoms with van der Waals surface area (Å²) in [6.45, 7) is 0. The predicted molar refractivity (Wildman–Crippen MR) is 85.1 cm³/mol. The Morgan fingerprint density at radius 2 is 0.565 bits per heavy atom. The third kappa shape index (κ3) is 6.89. The summed E-state index contributed by atoms with van der Waals surface area (Å²) in [7, 11) is -0.446. The molecule has 4 radical (unpaired) electrons. The van der Waals surface area contributed by atoms with Gasteiger partial charge in [-0.3, -0.25) is 0 Å². The van der Waals surface area contributed by atoms with Crippen LogP contribution in [0.3, 0.4) is 0 Å². The van der Waals surface area contributed by atoms with E-state index >= 15 is 0 Å². The summed E-state index contributed by atoms with van der Waals surface area (Å²) >= 11 is 0. The third-order valence-electron chi connectivity index (χ3n) is 3.04. The monoisotopic (exact) mass is 514 g/mol. The molecule has 0 unspecified atom stereocenters. The van der Waals surface area contributed by atoms with Crippen LogP contribution in [-0.2, 0) is 68.3 Å². The molecule has 0 fully saturated rings. The van der Waals surface area contributed by atoms with Gasteiger partial charge in [-0.25, -0.2) is 0 Å². The van der Waals surface area contributed by atoms with Crippen LogP contribution in [0.1, 0.15) is 0 Å². The fraction of sp³-hybridized carbons (Fsp3) is 0. The van der Waals surface area contributed by atoms with E-state index in [1.54, 1.807) is 0 Å². The smallest absolute Gasteiger partial charge is 0 e. The first-order valence-corrected chi connectivity index (χ1v) is 7.74. The normalized spacial score (nSPS) is 8.74. The van der Waals surface area contributed by atoms with Gasteiger partial charge >= 0.3 is 0 Å². The number of hydrogen-bond acceptors (Lipinski definition) is 0. The van der Waals surface area contributed by atoms with Gasteiger partial charge in [-0.2, -0.15) is 0 Å². The second kappa shape index (κ2) is 13.5. The average Bonchev–Trinajstić information content (AvgIpc) is 2.51.